The lowest BCUT2D eigenvalue weighted by Crippen LogP contribution is -2.39. The van der Waals surface area contributed by atoms with Crippen molar-refractivity contribution in [3.8, 4) is 0 Å². The van der Waals surface area contributed by atoms with Crippen LogP contribution in [0.15, 0.2) is 30.3 Å². The van der Waals surface area contributed by atoms with E-state index < -0.39 is 0 Å². The van der Waals surface area contributed by atoms with Gasteiger partial charge in [0.1, 0.15) is 0 Å². The van der Waals surface area contributed by atoms with Crippen LogP contribution in [0.1, 0.15) is 44.1 Å². The van der Waals surface area contributed by atoms with Crippen LogP contribution >= 0.6 is 0 Å². The summed E-state index contributed by atoms with van der Waals surface area (Å²) in [7, 11) is 0. The summed E-state index contributed by atoms with van der Waals surface area (Å²) in [6.45, 7) is 1.56. The van der Waals surface area contributed by atoms with Gasteiger partial charge in [-0.2, -0.15) is 0 Å². The first-order chi connectivity index (χ1) is 11.2. The number of hydrogen-bond acceptors (Lipinski definition) is 2. The molecule has 2 amide bonds. The molecule has 1 aromatic rings. The van der Waals surface area contributed by atoms with Crippen molar-refractivity contribution in [2.75, 3.05) is 13.1 Å². The number of amides is 2. The highest BCUT2D eigenvalue weighted by atomic mass is 16.2. The third-order valence-electron chi connectivity index (χ3n) is 4.99. The lowest BCUT2D eigenvalue weighted by atomic mass is 9.89. The molecule has 0 bridgehead atoms. The Labute approximate surface area is 138 Å². The van der Waals surface area contributed by atoms with Crippen molar-refractivity contribution in [2.45, 2.75) is 51.0 Å². The zero-order valence-electron chi connectivity index (χ0n) is 13.7. The monoisotopic (exact) mass is 314 g/mol. The molecule has 0 aromatic heterocycles. The Kier molecular flexibility index (Phi) is 5.31. The van der Waals surface area contributed by atoms with E-state index in [2.05, 4.69) is 5.32 Å². The fourth-order valence-corrected chi connectivity index (χ4v) is 3.79. The average Bonchev–Trinajstić information content (AvgIpc) is 2.88. The number of carbonyl (C=O) groups is 2. The molecule has 1 aromatic carbocycles. The van der Waals surface area contributed by atoms with Crippen LogP contribution in [-0.4, -0.2) is 35.8 Å². The third-order valence-corrected chi connectivity index (χ3v) is 4.99. The van der Waals surface area contributed by atoms with Crippen LogP contribution in [0.2, 0.25) is 0 Å². The van der Waals surface area contributed by atoms with Crippen LogP contribution in [0.25, 0.3) is 0 Å². The third kappa shape index (κ3) is 4.57. The summed E-state index contributed by atoms with van der Waals surface area (Å²) in [6, 6.07) is 9.70. The molecule has 1 N–H and O–H groups in total. The number of nitrogens with zero attached hydrogens (tertiary/aromatic N) is 1. The average molecular weight is 314 g/mol. The molecule has 4 nitrogen and oxygen atoms in total. The van der Waals surface area contributed by atoms with Crippen LogP contribution in [0.3, 0.4) is 0 Å². The molecule has 1 aliphatic heterocycles. The summed E-state index contributed by atoms with van der Waals surface area (Å²) in [4.78, 5) is 26.3. The molecule has 1 saturated heterocycles. The van der Waals surface area contributed by atoms with Crippen LogP contribution in [0, 0.1) is 5.92 Å². The molecule has 1 atom stereocenters. The zero-order chi connectivity index (χ0) is 16.1. The maximum atomic E-state index is 12.2. The molecule has 124 valence electrons. The first-order valence-electron chi connectivity index (χ1n) is 8.82. The number of rotatable bonds is 5. The van der Waals surface area contributed by atoms with E-state index in [9.17, 15) is 9.59 Å². The number of hydrogen-bond donors (Lipinski definition) is 1. The van der Waals surface area contributed by atoms with Gasteiger partial charge in [0.2, 0.25) is 11.8 Å². The quantitative estimate of drug-likeness (QED) is 0.908. The van der Waals surface area contributed by atoms with Crippen molar-refractivity contribution in [3.05, 3.63) is 35.9 Å². The number of likely N-dealkylation sites (tertiary alicyclic amines) is 1. The predicted molar refractivity (Wildman–Crippen MR) is 89.8 cm³/mol. The summed E-state index contributed by atoms with van der Waals surface area (Å²) in [5.41, 5.74) is 1.01. The molecular formula is C19H26N2O2. The SMILES string of the molecule is O=C(Cc1ccccc1)N[C@@H]1CC(=O)N(CC2CCCCC2)C1. The predicted octanol–water partition coefficient (Wildman–Crippen LogP) is 2.53. The highest BCUT2D eigenvalue weighted by molar-refractivity contribution is 5.83. The van der Waals surface area contributed by atoms with Gasteiger partial charge >= 0.3 is 0 Å². The molecule has 2 fully saturated rings. The van der Waals surface area contributed by atoms with Gasteiger partial charge in [-0.1, -0.05) is 49.6 Å². The van der Waals surface area contributed by atoms with Crippen molar-refractivity contribution >= 4 is 11.8 Å². The molecule has 1 aliphatic carbocycles. The van der Waals surface area contributed by atoms with E-state index in [1.807, 2.05) is 35.2 Å². The molecule has 3 rings (SSSR count). The highest BCUT2D eigenvalue weighted by Gasteiger charge is 2.32. The van der Waals surface area contributed by atoms with Crippen molar-refractivity contribution in [1.29, 1.82) is 0 Å². The van der Waals surface area contributed by atoms with Gasteiger partial charge in [0, 0.05) is 19.5 Å². The van der Waals surface area contributed by atoms with E-state index in [1.165, 1.54) is 32.1 Å². The Hall–Kier alpha value is -1.84. The second-order valence-corrected chi connectivity index (χ2v) is 6.93. The number of carbonyl (C=O) groups excluding carboxylic acids is 2. The molecule has 2 aliphatic rings. The minimum Gasteiger partial charge on any atom is -0.351 e. The summed E-state index contributed by atoms with van der Waals surface area (Å²) in [5, 5.41) is 3.02. The van der Waals surface area contributed by atoms with E-state index in [4.69, 9.17) is 0 Å². The first kappa shape index (κ1) is 16.0. The molecule has 0 unspecified atom stereocenters. The minimum atomic E-state index is -0.0256. The van der Waals surface area contributed by atoms with Crippen LogP contribution in [-0.2, 0) is 16.0 Å². The normalized spacial score (nSPS) is 22.3. The van der Waals surface area contributed by atoms with E-state index in [0.717, 1.165) is 12.1 Å². The molecule has 1 saturated carbocycles. The van der Waals surface area contributed by atoms with E-state index in [0.29, 0.717) is 25.3 Å². The standard InChI is InChI=1S/C19H26N2O2/c22-18(11-15-7-3-1-4-8-15)20-17-12-19(23)21(14-17)13-16-9-5-2-6-10-16/h1,3-4,7-8,16-17H,2,5-6,9-14H2,(H,20,22)/t17-/m1/s1. The van der Waals surface area contributed by atoms with Gasteiger partial charge in [0.25, 0.3) is 0 Å². The van der Waals surface area contributed by atoms with Gasteiger partial charge in [-0.25, -0.2) is 0 Å². The highest BCUT2D eigenvalue weighted by Crippen LogP contribution is 2.26. The second-order valence-electron chi connectivity index (χ2n) is 6.93. The Morgan fingerprint density at radius 2 is 1.87 bits per heavy atom. The van der Waals surface area contributed by atoms with Gasteiger partial charge in [0.05, 0.1) is 12.5 Å². The Bertz CT molecular complexity index is 538. The molecule has 1 heterocycles. The van der Waals surface area contributed by atoms with Crippen LogP contribution < -0.4 is 5.32 Å². The lowest BCUT2D eigenvalue weighted by Gasteiger charge is -2.27. The molecular weight excluding hydrogens is 288 g/mol. The van der Waals surface area contributed by atoms with Crippen molar-refractivity contribution in [1.82, 2.24) is 10.2 Å². The maximum Gasteiger partial charge on any atom is 0.224 e. The van der Waals surface area contributed by atoms with Crippen molar-refractivity contribution in [3.63, 3.8) is 0 Å². The fourth-order valence-electron chi connectivity index (χ4n) is 3.79. The van der Waals surface area contributed by atoms with E-state index >= 15 is 0 Å². The summed E-state index contributed by atoms with van der Waals surface area (Å²) >= 11 is 0. The number of nitrogens with one attached hydrogen (secondary N) is 1. The van der Waals surface area contributed by atoms with E-state index in [-0.39, 0.29) is 17.9 Å². The number of benzene rings is 1. The zero-order valence-corrected chi connectivity index (χ0v) is 13.7. The van der Waals surface area contributed by atoms with Crippen LogP contribution in [0.4, 0.5) is 0 Å². The van der Waals surface area contributed by atoms with Gasteiger partial charge in [-0.05, 0) is 24.3 Å². The van der Waals surface area contributed by atoms with Gasteiger partial charge in [-0.15, -0.1) is 0 Å². The summed E-state index contributed by atoms with van der Waals surface area (Å²) < 4.78 is 0. The van der Waals surface area contributed by atoms with Gasteiger partial charge < -0.3 is 10.2 Å². The van der Waals surface area contributed by atoms with Crippen molar-refractivity contribution in [2.24, 2.45) is 5.92 Å². The lowest BCUT2D eigenvalue weighted by molar-refractivity contribution is -0.128. The smallest absolute Gasteiger partial charge is 0.224 e. The van der Waals surface area contributed by atoms with Gasteiger partial charge in [-0.3, -0.25) is 9.59 Å². The summed E-state index contributed by atoms with van der Waals surface area (Å²) in [5.74, 6) is 0.862. The Morgan fingerprint density at radius 1 is 1.13 bits per heavy atom. The van der Waals surface area contributed by atoms with Gasteiger partial charge in [0.15, 0.2) is 0 Å². The molecule has 23 heavy (non-hydrogen) atoms. The van der Waals surface area contributed by atoms with E-state index in [1.54, 1.807) is 0 Å². The Morgan fingerprint density at radius 3 is 2.61 bits per heavy atom. The topological polar surface area (TPSA) is 49.4 Å². The summed E-state index contributed by atoms with van der Waals surface area (Å²) in [6.07, 6.45) is 7.25. The van der Waals surface area contributed by atoms with Crippen molar-refractivity contribution < 1.29 is 9.59 Å². The fraction of sp³-hybridized carbons (Fsp3) is 0.579. The molecule has 0 spiro atoms. The van der Waals surface area contributed by atoms with Crippen LogP contribution in [0.5, 0.6) is 0 Å². The maximum absolute atomic E-state index is 12.2. The molecule has 0 radical (unpaired) electrons. The largest absolute Gasteiger partial charge is 0.351 e. The minimum absolute atomic E-state index is 0.00789. The molecule has 4 heteroatoms. The first-order valence-corrected chi connectivity index (χ1v) is 8.82. The Balaban J connectivity index is 1.46. The second kappa shape index (κ2) is 7.62.